The number of pyridine rings is 1. The molecule has 4 heteroatoms. The van der Waals surface area contributed by atoms with Gasteiger partial charge in [-0.3, -0.25) is 4.79 Å². The topological polar surface area (TPSA) is 84.9 Å². The molecule has 0 saturated carbocycles. The summed E-state index contributed by atoms with van der Waals surface area (Å²) in [6, 6.07) is 0. The number of aryl methyl sites for hydroxylation is 1. The van der Waals surface area contributed by atoms with Gasteiger partial charge in [-0.05, 0) is 12.5 Å². The lowest BCUT2D eigenvalue weighted by molar-refractivity contribution is 1.21. The van der Waals surface area contributed by atoms with E-state index in [-0.39, 0.29) is 11.2 Å². The van der Waals surface area contributed by atoms with Crippen LogP contribution in [0.15, 0.2) is 11.0 Å². The lowest BCUT2D eigenvalue weighted by atomic mass is 10.2. The number of nitrogens with two attached hydrogens (primary N) is 2. The minimum absolute atomic E-state index is 0.0972. The van der Waals surface area contributed by atoms with Crippen molar-refractivity contribution in [3.8, 4) is 0 Å². The van der Waals surface area contributed by atoms with Gasteiger partial charge in [0, 0.05) is 6.20 Å². The van der Waals surface area contributed by atoms with Gasteiger partial charge in [0.15, 0.2) is 0 Å². The van der Waals surface area contributed by atoms with Gasteiger partial charge in [0.2, 0.25) is 0 Å². The number of aromatic amines is 1. The third kappa shape index (κ3) is 0.834. The monoisotopic (exact) mass is 139 g/mol. The summed E-state index contributed by atoms with van der Waals surface area (Å²) in [4.78, 5) is 13.2. The van der Waals surface area contributed by atoms with Crippen molar-refractivity contribution in [3.05, 3.63) is 22.1 Å². The van der Waals surface area contributed by atoms with Crippen molar-refractivity contribution < 1.29 is 0 Å². The summed E-state index contributed by atoms with van der Waals surface area (Å²) >= 11 is 0. The molecule has 0 amide bonds. The van der Waals surface area contributed by atoms with Crippen molar-refractivity contribution in [1.29, 1.82) is 0 Å². The summed E-state index contributed by atoms with van der Waals surface area (Å²) in [6.07, 6.45) is 1.54. The molecule has 1 aromatic rings. The summed E-state index contributed by atoms with van der Waals surface area (Å²) in [5.41, 5.74) is 11.7. The Bertz CT molecular complexity index is 302. The highest BCUT2D eigenvalue weighted by molar-refractivity contribution is 5.64. The van der Waals surface area contributed by atoms with E-state index >= 15 is 0 Å². The Morgan fingerprint density at radius 2 is 2.00 bits per heavy atom. The molecule has 1 heterocycles. The molecule has 0 fully saturated rings. The Balaban J connectivity index is 3.49. The van der Waals surface area contributed by atoms with Crippen LogP contribution in [-0.2, 0) is 0 Å². The lowest BCUT2D eigenvalue weighted by Crippen LogP contribution is -2.14. The zero-order valence-corrected chi connectivity index (χ0v) is 5.64. The molecule has 0 aliphatic heterocycles. The number of nitrogen functional groups attached to an aromatic ring is 2. The van der Waals surface area contributed by atoms with Crippen LogP contribution in [0.4, 0.5) is 11.4 Å². The van der Waals surface area contributed by atoms with Gasteiger partial charge in [0.05, 0.1) is 5.69 Å². The summed E-state index contributed by atoms with van der Waals surface area (Å²) < 4.78 is 0. The first-order valence-corrected chi connectivity index (χ1v) is 2.86. The van der Waals surface area contributed by atoms with Crippen molar-refractivity contribution in [2.75, 3.05) is 11.5 Å². The number of rotatable bonds is 0. The van der Waals surface area contributed by atoms with Crippen molar-refractivity contribution in [2.24, 2.45) is 0 Å². The number of aromatic nitrogens is 1. The fourth-order valence-electron chi connectivity index (χ4n) is 0.664. The third-order valence-electron chi connectivity index (χ3n) is 1.38. The van der Waals surface area contributed by atoms with Crippen molar-refractivity contribution in [1.82, 2.24) is 4.98 Å². The molecule has 5 N–H and O–H groups in total. The molecule has 0 aliphatic carbocycles. The fraction of sp³-hybridized carbons (Fsp3) is 0.167. The maximum Gasteiger partial charge on any atom is 0.273 e. The van der Waals surface area contributed by atoms with E-state index < -0.39 is 0 Å². The van der Waals surface area contributed by atoms with Gasteiger partial charge < -0.3 is 16.5 Å². The van der Waals surface area contributed by atoms with Crippen LogP contribution in [0, 0.1) is 6.92 Å². The smallest absolute Gasteiger partial charge is 0.273 e. The van der Waals surface area contributed by atoms with Crippen LogP contribution >= 0.6 is 0 Å². The number of H-pyrrole nitrogens is 1. The number of hydrogen-bond acceptors (Lipinski definition) is 3. The van der Waals surface area contributed by atoms with Gasteiger partial charge in [0.25, 0.3) is 5.56 Å². The van der Waals surface area contributed by atoms with Crippen molar-refractivity contribution in [2.45, 2.75) is 6.92 Å². The molecule has 0 aromatic carbocycles. The molecular weight excluding hydrogens is 130 g/mol. The standard InChI is InChI=1S/C6H9N3O/c1-3-2-9-6(10)5(8)4(3)7/h2H,8H2,1H3,(H3,7,9,10). The molecule has 4 nitrogen and oxygen atoms in total. The highest BCUT2D eigenvalue weighted by atomic mass is 16.1. The quantitative estimate of drug-likeness (QED) is 0.467. The maximum atomic E-state index is 10.7. The predicted octanol–water partition coefficient (Wildman–Crippen LogP) is -0.152. The van der Waals surface area contributed by atoms with E-state index in [1.165, 1.54) is 6.20 Å². The average molecular weight is 139 g/mol. The van der Waals surface area contributed by atoms with Gasteiger partial charge in [-0.15, -0.1) is 0 Å². The molecule has 0 aliphatic rings. The molecular formula is C6H9N3O. The van der Waals surface area contributed by atoms with E-state index in [4.69, 9.17) is 11.5 Å². The van der Waals surface area contributed by atoms with E-state index in [1.807, 2.05) is 0 Å². The van der Waals surface area contributed by atoms with Crippen LogP contribution in [0.25, 0.3) is 0 Å². The molecule has 0 radical (unpaired) electrons. The number of anilines is 2. The minimum Gasteiger partial charge on any atom is -0.397 e. The van der Waals surface area contributed by atoms with Gasteiger partial charge in [-0.25, -0.2) is 0 Å². The first kappa shape index (κ1) is 6.67. The Morgan fingerprint density at radius 1 is 1.40 bits per heavy atom. The minimum atomic E-state index is -0.330. The molecule has 10 heavy (non-hydrogen) atoms. The van der Waals surface area contributed by atoms with Gasteiger partial charge in [-0.1, -0.05) is 0 Å². The normalized spacial score (nSPS) is 9.70. The zero-order valence-electron chi connectivity index (χ0n) is 5.64. The molecule has 1 rings (SSSR count). The molecule has 1 aromatic heterocycles. The van der Waals surface area contributed by atoms with Crippen molar-refractivity contribution >= 4 is 11.4 Å². The summed E-state index contributed by atoms with van der Waals surface area (Å²) in [7, 11) is 0. The van der Waals surface area contributed by atoms with E-state index in [1.54, 1.807) is 6.92 Å². The SMILES string of the molecule is Cc1c[nH]c(=O)c(N)c1N. The molecule has 0 spiro atoms. The third-order valence-corrected chi connectivity index (χ3v) is 1.38. The number of nitrogens with one attached hydrogen (secondary N) is 1. The fourth-order valence-corrected chi connectivity index (χ4v) is 0.664. The highest BCUT2D eigenvalue weighted by Crippen LogP contribution is 2.11. The first-order chi connectivity index (χ1) is 4.63. The van der Waals surface area contributed by atoms with Crippen LogP contribution in [0.2, 0.25) is 0 Å². The highest BCUT2D eigenvalue weighted by Gasteiger charge is 2.00. The Hall–Kier alpha value is -1.45. The van der Waals surface area contributed by atoms with Crippen molar-refractivity contribution in [3.63, 3.8) is 0 Å². The Kier molecular flexibility index (Phi) is 1.37. The molecule has 54 valence electrons. The Labute approximate surface area is 57.9 Å². The maximum absolute atomic E-state index is 10.7. The average Bonchev–Trinajstić information content (AvgIpc) is 1.93. The second-order valence-corrected chi connectivity index (χ2v) is 2.13. The van der Waals surface area contributed by atoms with Gasteiger partial charge in [-0.2, -0.15) is 0 Å². The number of hydrogen-bond donors (Lipinski definition) is 3. The predicted molar refractivity (Wildman–Crippen MR) is 40.6 cm³/mol. The van der Waals surface area contributed by atoms with E-state index in [0.29, 0.717) is 5.69 Å². The van der Waals surface area contributed by atoms with Crippen LogP contribution < -0.4 is 17.0 Å². The van der Waals surface area contributed by atoms with Crippen LogP contribution in [0.5, 0.6) is 0 Å². The summed E-state index contributed by atoms with van der Waals surface area (Å²) in [5.74, 6) is 0. The van der Waals surface area contributed by atoms with Crippen LogP contribution in [-0.4, -0.2) is 4.98 Å². The van der Waals surface area contributed by atoms with E-state index in [2.05, 4.69) is 4.98 Å². The molecule has 0 bridgehead atoms. The molecule has 0 saturated heterocycles. The van der Waals surface area contributed by atoms with Gasteiger partial charge >= 0.3 is 0 Å². The largest absolute Gasteiger partial charge is 0.397 e. The molecule has 0 unspecified atom stereocenters. The first-order valence-electron chi connectivity index (χ1n) is 2.86. The Morgan fingerprint density at radius 3 is 2.50 bits per heavy atom. The van der Waals surface area contributed by atoms with E-state index in [9.17, 15) is 4.79 Å². The summed E-state index contributed by atoms with van der Waals surface area (Å²) in [5, 5.41) is 0. The van der Waals surface area contributed by atoms with Crippen LogP contribution in [0.1, 0.15) is 5.56 Å². The zero-order chi connectivity index (χ0) is 7.72. The lowest BCUT2D eigenvalue weighted by Gasteiger charge is -2.00. The molecule has 0 atom stereocenters. The second kappa shape index (κ2) is 2.06. The second-order valence-electron chi connectivity index (χ2n) is 2.13. The van der Waals surface area contributed by atoms with Crippen LogP contribution in [0.3, 0.4) is 0 Å². The van der Waals surface area contributed by atoms with E-state index in [0.717, 1.165) is 5.56 Å². The summed E-state index contributed by atoms with van der Waals surface area (Å²) in [6.45, 7) is 1.78. The van der Waals surface area contributed by atoms with Gasteiger partial charge in [0.1, 0.15) is 5.69 Å².